The molecule has 1 aromatic rings. The highest BCUT2D eigenvalue weighted by atomic mass is 79.9. The van der Waals surface area contributed by atoms with Crippen molar-refractivity contribution in [2.24, 2.45) is 0 Å². The van der Waals surface area contributed by atoms with Crippen molar-refractivity contribution in [2.45, 2.75) is 24.2 Å². The summed E-state index contributed by atoms with van der Waals surface area (Å²) in [5, 5.41) is 0. The maximum atomic E-state index is 3.61. The molecule has 1 aliphatic rings. The lowest BCUT2D eigenvalue weighted by atomic mass is 9.87. The highest BCUT2D eigenvalue weighted by Gasteiger charge is 2.31. The van der Waals surface area contributed by atoms with Crippen LogP contribution < -0.4 is 0 Å². The van der Waals surface area contributed by atoms with Crippen molar-refractivity contribution in [3.8, 4) is 0 Å². The molecule has 0 bridgehead atoms. The lowest BCUT2D eigenvalue weighted by Crippen LogP contribution is -2.16. The second-order valence-corrected chi connectivity index (χ2v) is 5.66. The van der Waals surface area contributed by atoms with Gasteiger partial charge in [0.1, 0.15) is 0 Å². The van der Waals surface area contributed by atoms with Crippen LogP contribution in [0.2, 0.25) is 0 Å². The molecule has 0 N–H and O–H groups in total. The largest absolute Gasteiger partial charge is 0.125 e. The molecule has 64 valence electrons. The zero-order chi connectivity index (χ0) is 8.77. The summed E-state index contributed by atoms with van der Waals surface area (Å²) in [6.45, 7) is 4.60. The Morgan fingerprint density at radius 3 is 2.83 bits per heavy atom. The van der Waals surface area contributed by atoms with E-state index in [0.717, 1.165) is 0 Å². The summed E-state index contributed by atoms with van der Waals surface area (Å²) < 4.78 is 1.26. The molecule has 0 unspecified atom stereocenters. The van der Waals surface area contributed by atoms with E-state index in [-0.39, 0.29) is 0 Å². The molecule has 2 rings (SSSR count). The predicted octanol–water partition coefficient (Wildman–Crippen LogP) is 3.83. The summed E-state index contributed by atoms with van der Waals surface area (Å²) in [6, 6.07) is 6.45. The van der Waals surface area contributed by atoms with Gasteiger partial charge in [0.2, 0.25) is 0 Å². The van der Waals surface area contributed by atoms with E-state index >= 15 is 0 Å². The lowest BCUT2D eigenvalue weighted by molar-refractivity contribution is 0.601. The Morgan fingerprint density at radius 1 is 1.42 bits per heavy atom. The normalized spacial score (nSPS) is 19.2. The minimum Gasteiger partial charge on any atom is -0.125 e. The van der Waals surface area contributed by atoms with Crippen LogP contribution in [0.1, 0.15) is 19.4 Å². The first kappa shape index (κ1) is 8.64. The molecule has 0 aromatic heterocycles. The molecule has 0 saturated heterocycles. The number of benzene rings is 1. The lowest BCUT2D eigenvalue weighted by Gasteiger charge is -2.18. The summed E-state index contributed by atoms with van der Waals surface area (Å²) in [7, 11) is 0. The van der Waals surface area contributed by atoms with Crippen molar-refractivity contribution in [3.63, 3.8) is 0 Å². The Labute approximate surface area is 85.9 Å². The first-order valence-corrected chi connectivity index (χ1v) is 5.81. The van der Waals surface area contributed by atoms with Crippen LogP contribution in [0.5, 0.6) is 0 Å². The van der Waals surface area contributed by atoms with Crippen LogP contribution in [0.15, 0.2) is 27.6 Å². The molecule has 12 heavy (non-hydrogen) atoms. The SMILES string of the molecule is CC1(C)CSc2cccc(Br)c21. The number of hydrogen-bond donors (Lipinski definition) is 0. The highest BCUT2D eigenvalue weighted by Crippen LogP contribution is 2.46. The van der Waals surface area contributed by atoms with E-state index in [2.05, 4.69) is 48.0 Å². The van der Waals surface area contributed by atoms with Gasteiger partial charge in [-0.05, 0) is 17.7 Å². The topological polar surface area (TPSA) is 0 Å². The van der Waals surface area contributed by atoms with Crippen LogP contribution in [0.4, 0.5) is 0 Å². The van der Waals surface area contributed by atoms with Gasteiger partial charge in [-0.25, -0.2) is 0 Å². The van der Waals surface area contributed by atoms with E-state index in [1.54, 1.807) is 0 Å². The minimum absolute atomic E-state index is 0.333. The number of hydrogen-bond acceptors (Lipinski definition) is 1. The second kappa shape index (κ2) is 2.78. The zero-order valence-electron chi connectivity index (χ0n) is 7.23. The van der Waals surface area contributed by atoms with E-state index in [4.69, 9.17) is 0 Å². The first-order valence-electron chi connectivity index (χ1n) is 4.03. The fourth-order valence-corrected chi connectivity index (χ4v) is 4.01. The summed E-state index contributed by atoms with van der Waals surface area (Å²) in [6.07, 6.45) is 0. The third kappa shape index (κ3) is 1.21. The number of fused-ring (bicyclic) bond motifs is 1. The molecule has 0 amide bonds. The molecule has 0 radical (unpaired) electrons. The first-order chi connectivity index (χ1) is 5.61. The van der Waals surface area contributed by atoms with Gasteiger partial charge >= 0.3 is 0 Å². The average Bonchev–Trinajstić information content (AvgIpc) is 2.29. The van der Waals surface area contributed by atoms with Gasteiger partial charge in [0.15, 0.2) is 0 Å². The second-order valence-electron chi connectivity index (χ2n) is 3.79. The maximum Gasteiger partial charge on any atom is 0.0224 e. The van der Waals surface area contributed by atoms with Gasteiger partial charge in [-0.3, -0.25) is 0 Å². The Morgan fingerprint density at radius 2 is 2.17 bits per heavy atom. The molecule has 0 fully saturated rings. The molecule has 0 aliphatic carbocycles. The van der Waals surface area contributed by atoms with Crippen molar-refractivity contribution in [3.05, 3.63) is 28.2 Å². The Bertz CT molecular complexity index is 318. The van der Waals surface area contributed by atoms with Crippen molar-refractivity contribution in [1.29, 1.82) is 0 Å². The number of rotatable bonds is 0. The van der Waals surface area contributed by atoms with Crippen LogP contribution in [-0.4, -0.2) is 5.75 Å². The third-order valence-corrected chi connectivity index (χ3v) is 4.42. The van der Waals surface area contributed by atoms with Gasteiger partial charge in [0.25, 0.3) is 0 Å². The fraction of sp³-hybridized carbons (Fsp3) is 0.400. The quantitative estimate of drug-likeness (QED) is 0.667. The number of thioether (sulfide) groups is 1. The molecule has 0 atom stereocenters. The average molecular weight is 243 g/mol. The zero-order valence-corrected chi connectivity index (χ0v) is 9.63. The summed E-state index contributed by atoms with van der Waals surface area (Å²) in [5.74, 6) is 1.20. The molecule has 1 aromatic carbocycles. The minimum atomic E-state index is 0.333. The van der Waals surface area contributed by atoms with Gasteiger partial charge < -0.3 is 0 Å². The van der Waals surface area contributed by atoms with E-state index in [9.17, 15) is 0 Å². The fourth-order valence-electron chi connectivity index (χ4n) is 1.61. The van der Waals surface area contributed by atoms with Gasteiger partial charge in [-0.2, -0.15) is 0 Å². The smallest absolute Gasteiger partial charge is 0.0224 e. The summed E-state index contributed by atoms with van der Waals surface area (Å²) in [5.41, 5.74) is 1.81. The van der Waals surface area contributed by atoms with Crippen molar-refractivity contribution in [1.82, 2.24) is 0 Å². The highest BCUT2D eigenvalue weighted by molar-refractivity contribution is 9.10. The Kier molecular flexibility index (Phi) is 2.00. The van der Waals surface area contributed by atoms with Crippen LogP contribution in [0.3, 0.4) is 0 Å². The third-order valence-electron chi connectivity index (χ3n) is 2.24. The maximum absolute atomic E-state index is 3.61. The molecule has 2 heteroatoms. The van der Waals surface area contributed by atoms with E-state index in [0.29, 0.717) is 5.41 Å². The Hall–Kier alpha value is 0.0500. The van der Waals surface area contributed by atoms with Crippen molar-refractivity contribution in [2.75, 3.05) is 5.75 Å². The van der Waals surface area contributed by atoms with Gasteiger partial charge in [-0.15, -0.1) is 11.8 Å². The standard InChI is InChI=1S/C10H11BrS/c1-10(2)6-12-8-5-3-4-7(11)9(8)10/h3-5H,6H2,1-2H3. The molecule has 0 nitrogen and oxygen atoms in total. The van der Waals surface area contributed by atoms with E-state index < -0.39 is 0 Å². The van der Waals surface area contributed by atoms with Crippen LogP contribution in [0.25, 0.3) is 0 Å². The number of halogens is 1. The van der Waals surface area contributed by atoms with Gasteiger partial charge in [0, 0.05) is 20.5 Å². The molecule has 1 heterocycles. The summed E-state index contributed by atoms with van der Waals surface area (Å²) >= 11 is 5.57. The molecular formula is C10H11BrS. The summed E-state index contributed by atoms with van der Waals surface area (Å²) in [4.78, 5) is 1.44. The van der Waals surface area contributed by atoms with Gasteiger partial charge in [-0.1, -0.05) is 35.8 Å². The molecular weight excluding hydrogens is 232 g/mol. The van der Waals surface area contributed by atoms with Crippen LogP contribution >= 0.6 is 27.7 Å². The predicted molar refractivity (Wildman–Crippen MR) is 57.9 cm³/mol. The Balaban J connectivity index is 2.64. The molecule has 0 saturated carbocycles. The monoisotopic (exact) mass is 242 g/mol. The van der Waals surface area contributed by atoms with Crippen LogP contribution in [-0.2, 0) is 5.41 Å². The van der Waals surface area contributed by atoms with E-state index in [1.807, 2.05) is 11.8 Å². The van der Waals surface area contributed by atoms with Crippen molar-refractivity contribution < 1.29 is 0 Å². The van der Waals surface area contributed by atoms with Gasteiger partial charge in [0.05, 0.1) is 0 Å². The van der Waals surface area contributed by atoms with Crippen LogP contribution in [0, 0.1) is 0 Å². The van der Waals surface area contributed by atoms with E-state index in [1.165, 1.54) is 20.7 Å². The molecule has 0 spiro atoms. The molecule has 1 aliphatic heterocycles. The van der Waals surface area contributed by atoms with Crippen molar-refractivity contribution >= 4 is 27.7 Å².